The van der Waals surface area contributed by atoms with Gasteiger partial charge in [-0.15, -0.1) is 0 Å². The van der Waals surface area contributed by atoms with Crippen LogP contribution >= 0.6 is 0 Å². The summed E-state index contributed by atoms with van der Waals surface area (Å²) in [4.78, 5) is 2.42. The average Bonchev–Trinajstić information content (AvgIpc) is 3.69. The highest BCUT2D eigenvalue weighted by molar-refractivity contribution is 6.11. The van der Waals surface area contributed by atoms with E-state index in [0.717, 1.165) is 39.4 Å². The fourth-order valence-electron chi connectivity index (χ4n) is 9.13. The van der Waals surface area contributed by atoms with Crippen molar-refractivity contribution in [3.8, 4) is 61.3 Å². The molecule has 1 aromatic heterocycles. The maximum absolute atomic E-state index is 2.44. The van der Waals surface area contributed by atoms with Crippen molar-refractivity contribution in [2.45, 2.75) is 0 Å². The maximum atomic E-state index is 2.44. The number of nitrogens with zero attached hydrogens (tertiary/aromatic N) is 2. The highest BCUT2D eigenvalue weighted by Gasteiger charge is 2.22. The second kappa shape index (κ2) is 16.1. The molecule has 0 fully saturated rings. The predicted molar refractivity (Wildman–Crippen MR) is 263 cm³/mol. The molecular formula is C60H42N2. The second-order valence-electron chi connectivity index (χ2n) is 15.7. The Hall–Kier alpha value is -8.20. The Labute approximate surface area is 362 Å². The first-order valence-corrected chi connectivity index (χ1v) is 21.3. The zero-order chi connectivity index (χ0) is 41.2. The highest BCUT2D eigenvalue weighted by atomic mass is 15.1. The normalized spacial score (nSPS) is 11.2. The molecule has 0 spiro atoms. The number of para-hydroxylation sites is 2. The van der Waals surface area contributed by atoms with E-state index in [2.05, 4.69) is 264 Å². The van der Waals surface area contributed by atoms with Crippen LogP contribution in [0.1, 0.15) is 0 Å². The molecule has 292 valence electrons. The zero-order valence-electron chi connectivity index (χ0n) is 34.1. The summed E-state index contributed by atoms with van der Waals surface area (Å²) in [5.41, 5.74) is 18.6. The van der Waals surface area contributed by atoms with Crippen LogP contribution < -0.4 is 4.90 Å². The van der Waals surface area contributed by atoms with Crippen LogP contribution in [-0.4, -0.2) is 4.57 Å². The minimum Gasteiger partial charge on any atom is -0.310 e. The van der Waals surface area contributed by atoms with Crippen LogP contribution in [0.15, 0.2) is 255 Å². The number of benzene rings is 10. The van der Waals surface area contributed by atoms with Crippen LogP contribution in [0.25, 0.3) is 83.1 Å². The molecule has 0 aliphatic heterocycles. The average molecular weight is 791 g/mol. The molecule has 0 unspecified atom stereocenters. The first-order chi connectivity index (χ1) is 30.8. The maximum Gasteiger partial charge on any atom is 0.0561 e. The van der Waals surface area contributed by atoms with Crippen molar-refractivity contribution in [3.63, 3.8) is 0 Å². The summed E-state index contributed by atoms with van der Waals surface area (Å²) in [5, 5.41) is 2.43. The van der Waals surface area contributed by atoms with Crippen LogP contribution in [0.4, 0.5) is 17.1 Å². The molecule has 0 aliphatic rings. The molecule has 0 saturated heterocycles. The molecule has 0 atom stereocenters. The molecule has 62 heavy (non-hydrogen) atoms. The quantitative estimate of drug-likeness (QED) is 0.141. The van der Waals surface area contributed by atoms with Gasteiger partial charge in [0.25, 0.3) is 0 Å². The summed E-state index contributed by atoms with van der Waals surface area (Å²) >= 11 is 0. The van der Waals surface area contributed by atoms with Crippen molar-refractivity contribution >= 4 is 38.9 Å². The summed E-state index contributed by atoms with van der Waals surface area (Å²) in [6.45, 7) is 0. The van der Waals surface area contributed by atoms with E-state index in [1.54, 1.807) is 0 Å². The van der Waals surface area contributed by atoms with Gasteiger partial charge in [-0.3, -0.25) is 0 Å². The third-order valence-electron chi connectivity index (χ3n) is 12.0. The van der Waals surface area contributed by atoms with Gasteiger partial charge in [-0.2, -0.15) is 0 Å². The number of hydrogen-bond acceptors (Lipinski definition) is 1. The lowest BCUT2D eigenvalue weighted by atomic mass is 9.91. The first-order valence-electron chi connectivity index (χ1n) is 21.3. The molecule has 0 bridgehead atoms. The van der Waals surface area contributed by atoms with Gasteiger partial charge in [0.2, 0.25) is 0 Å². The van der Waals surface area contributed by atoms with Gasteiger partial charge in [0.05, 0.1) is 16.7 Å². The molecular weight excluding hydrogens is 749 g/mol. The van der Waals surface area contributed by atoms with Gasteiger partial charge in [0.1, 0.15) is 0 Å². The van der Waals surface area contributed by atoms with Crippen molar-refractivity contribution in [1.29, 1.82) is 0 Å². The molecule has 0 radical (unpaired) electrons. The summed E-state index contributed by atoms with van der Waals surface area (Å²) in [5.74, 6) is 0. The molecule has 11 aromatic rings. The lowest BCUT2D eigenvalue weighted by Crippen LogP contribution is -2.11. The third kappa shape index (κ3) is 6.74. The van der Waals surface area contributed by atoms with Gasteiger partial charge in [0.15, 0.2) is 0 Å². The van der Waals surface area contributed by atoms with E-state index < -0.39 is 0 Å². The number of fused-ring (bicyclic) bond motifs is 3. The Bertz CT molecular complexity index is 3320. The third-order valence-corrected chi connectivity index (χ3v) is 12.0. The Morgan fingerprint density at radius 2 is 0.742 bits per heavy atom. The summed E-state index contributed by atoms with van der Waals surface area (Å²) in [6, 6.07) is 92.1. The molecule has 11 rings (SSSR count). The number of hydrogen-bond donors (Lipinski definition) is 0. The van der Waals surface area contributed by atoms with Crippen molar-refractivity contribution in [2.24, 2.45) is 0 Å². The molecule has 0 saturated carbocycles. The van der Waals surface area contributed by atoms with E-state index in [1.807, 2.05) is 0 Å². The molecule has 0 aliphatic carbocycles. The van der Waals surface area contributed by atoms with E-state index in [4.69, 9.17) is 0 Å². The van der Waals surface area contributed by atoms with E-state index in [1.165, 1.54) is 60.8 Å². The first kappa shape index (κ1) is 36.8. The van der Waals surface area contributed by atoms with Crippen LogP contribution in [-0.2, 0) is 0 Å². The van der Waals surface area contributed by atoms with Crippen molar-refractivity contribution in [2.75, 3.05) is 4.90 Å². The fourth-order valence-corrected chi connectivity index (χ4v) is 9.13. The van der Waals surface area contributed by atoms with Gasteiger partial charge in [-0.1, -0.05) is 200 Å². The summed E-state index contributed by atoms with van der Waals surface area (Å²) in [7, 11) is 0. The Kier molecular flexibility index (Phi) is 9.57. The standard InChI is InChI=1S/C60H42N2/c1-6-20-43(21-7-1)51-30-16-17-31-52(51)47-34-39-59(57(40-47)46-26-12-4-13-27-46)61(48-28-14-5-15-29-48)50-36-38-55-54-32-18-19-33-58(54)62(60(55)42-50)49-35-37-53(44-22-8-2-9-23-44)56(41-49)45-24-10-3-11-25-45/h1-42H. The van der Waals surface area contributed by atoms with Crippen molar-refractivity contribution in [3.05, 3.63) is 255 Å². The summed E-state index contributed by atoms with van der Waals surface area (Å²) in [6.07, 6.45) is 0. The molecule has 0 amide bonds. The largest absolute Gasteiger partial charge is 0.310 e. The van der Waals surface area contributed by atoms with Crippen molar-refractivity contribution < 1.29 is 0 Å². The zero-order valence-corrected chi connectivity index (χ0v) is 34.1. The molecule has 1 heterocycles. The lowest BCUT2D eigenvalue weighted by Gasteiger charge is -2.29. The minimum atomic E-state index is 1.08. The smallest absolute Gasteiger partial charge is 0.0561 e. The number of anilines is 3. The van der Waals surface area contributed by atoms with Gasteiger partial charge in [-0.25, -0.2) is 0 Å². The van der Waals surface area contributed by atoms with E-state index in [0.29, 0.717) is 0 Å². The Balaban J connectivity index is 1.13. The Morgan fingerprint density at radius 1 is 0.258 bits per heavy atom. The van der Waals surface area contributed by atoms with E-state index in [-0.39, 0.29) is 0 Å². The van der Waals surface area contributed by atoms with E-state index in [9.17, 15) is 0 Å². The Morgan fingerprint density at radius 3 is 1.37 bits per heavy atom. The predicted octanol–water partition coefficient (Wildman–Crippen LogP) is 16.6. The van der Waals surface area contributed by atoms with Crippen LogP contribution in [0.5, 0.6) is 0 Å². The summed E-state index contributed by atoms with van der Waals surface area (Å²) < 4.78 is 2.44. The van der Waals surface area contributed by atoms with Crippen LogP contribution in [0.3, 0.4) is 0 Å². The molecule has 2 nitrogen and oxygen atoms in total. The van der Waals surface area contributed by atoms with Gasteiger partial charge in [-0.05, 0) is 105 Å². The molecule has 2 heteroatoms. The van der Waals surface area contributed by atoms with E-state index >= 15 is 0 Å². The minimum absolute atomic E-state index is 1.08. The molecule has 0 N–H and O–H groups in total. The lowest BCUT2D eigenvalue weighted by molar-refractivity contribution is 1.18. The van der Waals surface area contributed by atoms with Crippen molar-refractivity contribution in [1.82, 2.24) is 4.57 Å². The van der Waals surface area contributed by atoms with Gasteiger partial charge in [0, 0.05) is 33.4 Å². The molecule has 10 aromatic carbocycles. The monoisotopic (exact) mass is 790 g/mol. The fraction of sp³-hybridized carbons (Fsp3) is 0. The van der Waals surface area contributed by atoms with Gasteiger partial charge < -0.3 is 9.47 Å². The topological polar surface area (TPSA) is 8.17 Å². The number of rotatable bonds is 9. The second-order valence-corrected chi connectivity index (χ2v) is 15.7. The SMILES string of the molecule is c1ccc(-c2ccccc2-c2ccc(N(c3ccccc3)c3ccc4c5ccccc5n(-c5ccc(-c6ccccc6)c(-c6ccccc6)c5)c4c3)c(-c3ccccc3)c2)cc1. The van der Waals surface area contributed by atoms with Gasteiger partial charge >= 0.3 is 0 Å². The number of aromatic nitrogens is 1. The van der Waals surface area contributed by atoms with Crippen LogP contribution in [0, 0.1) is 0 Å². The highest BCUT2D eigenvalue weighted by Crippen LogP contribution is 2.46. The van der Waals surface area contributed by atoms with Crippen LogP contribution in [0.2, 0.25) is 0 Å².